The second-order valence-corrected chi connectivity index (χ2v) is 3.01. The lowest BCUT2D eigenvalue weighted by atomic mass is 10.2. The van der Waals surface area contributed by atoms with Crippen LogP contribution >= 0.6 is 0 Å². The van der Waals surface area contributed by atoms with Crippen molar-refractivity contribution >= 4 is 5.78 Å². The Labute approximate surface area is 72.6 Å². The number of ketones is 1. The molecule has 2 heteroatoms. The molecule has 0 aromatic rings. The molecular weight excluding hydrogens is 152 g/mol. The van der Waals surface area contributed by atoms with Gasteiger partial charge in [-0.15, -0.1) is 0 Å². The number of unbranched alkanes of at least 4 members (excludes halogenated alkanes) is 1. The summed E-state index contributed by atoms with van der Waals surface area (Å²) in [6, 6.07) is 0. The minimum Gasteiger partial charge on any atom is -0.389 e. The molecule has 1 aliphatic carbocycles. The first-order valence-electron chi connectivity index (χ1n) is 4.33. The van der Waals surface area contributed by atoms with Crippen molar-refractivity contribution in [3.8, 4) is 0 Å². The fourth-order valence-electron chi connectivity index (χ4n) is 1.19. The first-order valence-corrected chi connectivity index (χ1v) is 4.33. The Bertz CT molecular complexity index is 226. The molecule has 0 radical (unpaired) electrons. The van der Waals surface area contributed by atoms with Crippen LogP contribution in [-0.4, -0.2) is 17.0 Å². The Morgan fingerprint density at radius 2 is 2.50 bits per heavy atom. The van der Waals surface area contributed by atoms with Crippen LogP contribution in [0.1, 0.15) is 26.2 Å². The molecule has 0 aromatic carbocycles. The van der Waals surface area contributed by atoms with E-state index in [0.717, 1.165) is 12.8 Å². The van der Waals surface area contributed by atoms with Crippen molar-refractivity contribution in [2.24, 2.45) is 0 Å². The molecule has 1 rings (SSSR count). The molecule has 0 saturated heterocycles. The minimum atomic E-state index is -0.557. The zero-order valence-electron chi connectivity index (χ0n) is 7.29. The third-order valence-corrected chi connectivity index (χ3v) is 1.84. The summed E-state index contributed by atoms with van der Waals surface area (Å²) in [6.07, 6.45) is 7.17. The maximum atomic E-state index is 11.1. The van der Waals surface area contributed by atoms with Crippen molar-refractivity contribution in [2.45, 2.75) is 32.3 Å². The van der Waals surface area contributed by atoms with Crippen LogP contribution in [0.3, 0.4) is 0 Å². The highest BCUT2D eigenvalue weighted by molar-refractivity contribution is 6.00. The van der Waals surface area contributed by atoms with Crippen molar-refractivity contribution in [3.63, 3.8) is 0 Å². The van der Waals surface area contributed by atoms with Gasteiger partial charge in [-0.05, 0) is 12.5 Å². The Hall–Kier alpha value is -0.890. The van der Waals surface area contributed by atoms with Gasteiger partial charge in [-0.2, -0.15) is 0 Å². The van der Waals surface area contributed by atoms with Crippen LogP contribution in [0.15, 0.2) is 23.8 Å². The van der Waals surface area contributed by atoms with Crippen LogP contribution in [0.4, 0.5) is 0 Å². The summed E-state index contributed by atoms with van der Waals surface area (Å²) >= 11 is 0. The molecule has 0 heterocycles. The predicted octanol–water partition coefficient (Wildman–Crippen LogP) is 1.60. The van der Waals surface area contributed by atoms with Crippen LogP contribution in [0.2, 0.25) is 0 Å². The maximum Gasteiger partial charge on any atom is 0.165 e. The molecule has 0 saturated carbocycles. The average molecular weight is 166 g/mol. The lowest BCUT2D eigenvalue weighted by Crippen LogP contribution is -2.00. The van der Waals surface area contributed by atoms with Gasteiger partial charge in [-0.25, -0.2) is 0 Å². The van der Waals surface area contributed by atoms with Crippen LogP contribution in [0, 0.1) is 0 Å². The van der Waals surface area contributed by atoms with Crippen molar-refractivity contribution < 1.29 is 9.90 Å². The van der Waals surface area contributed by atoms with Crippen LogP contribution in [-0.2, 0) is 4.79 Å². The smallest absolute Gasteiger partial charge is 0.165 e. The van der Waals surface area contributed by atoms with Crippen LogP contribution in [0.5, 0.6) is 0 Å². The number of aliphatic hydroxyl groups excluding tert-OH is 1. The van der Waals surface area contributed by atoms with E-state index in [-0.39, 0.29) is 12.2 Å². The Kier molecular flexibility index (Phi) is 3.23. The number of allylic oxidation sites excluding steroid dienone is 3. The van der Waals surface area contributed by atoms with Gasteiger partial charge in [0.15, 0.2) is 5.78 Å². The molecule has 0 amide bonds. The fourth-order valence-corrected chi connectivity index (χ4v) is 1.19. The standard InChI is InChI=1S/C10H14O2/c1-2-3-4-5-8-6-9(11)7-10(8)12/h4-6,9,11H,2-3,7H2,1H3/b5-4-. The van der Waals surface area contributed by atoms with Crippen molar-refractivity contribution in [3.05, 3.63) is 23.8 Å². The fraction of sp³-hybridized carbons (Fsp3) is 0.500. The quantitative estimate of drug-likeness (QED) is 0.691. The monoisotopic (exact) mass is 166 g/mol. The van der Waals surface area contributed by atoms with Crippen LogP contribution in [0.25, 0.3) is 0 Å². The highest BCUT2D eigenvalue weighted by Gasteiger charge is 2.19. The average Bonchev–Trinajstić information content (AvgIpc) is 2.31. The summed E-state index contributed by atoms with van der Waals surface area (Å²) in [6.45, 7) is 2.09. The Morgan fingerprint density at radius 3 is 3.00 bits per heavy atom. The third-order valence-electron chi connectivity index (χ3n) is 1.84. The zero-order valence-corrected chi connectivity index (χ0v) is 7.29. The molecule has 1 atom stereocenters. The molecule has 1 N–H and O–H groups in total. The highest BCUT2D eigenvalue weighted by atomic mass is 16.3. The SMILES string of the molecule is CCC/C=C\C1=CC(O)CC1=O. The number of carbonyl (C=O) groups excluding carboxylic acids is 1. The Morgan fingerprint density at radius 1 is 1.75 bits per heavy atom. The number of hydrogen-bond donors (Lipinski definition) is 1. The van der Waals surface area contributed by atoms with E-state index in [4.69, 9.17) is 5.11 Å². The van der Waals surface area contributed by atoms with Gasteiger partial charge >= 0.3 is 0 Å². The Balaban J connectivity index is 2.52. The molecule has 1 unspecified atom stereocenters. The molecule has 0 aromatic heterocycles. The van der Waals surface area contributed by atoms with E-state index in [9.17, 15) is 4.79 Å². The molecule has 0 spiro atoms. The molecule has 0 aliphatic heterocycles. The number of carbonyl (C=O) groups is 1. The van der Waals surface area contributed by atoms with E-state index in [1.54, 1.807) is 6.08 Å². The summed E-state index contributed by atoms with van der Waals surface area (Å²) in [4.78, 5) is 11.1. The largest absolute Gasteiger partial charge is 0.389 e. The number of aliphatic hydroxyl groups is 1. The normalized spacial score (nSPS) is 23.7. The number of rotatable bonds is 3. The van der Waals surface area contributed by atoms with Gasteiger partial charge < -0.3 is 5.11 Å². The van der Waals surface area contributed by atoms with Crippen molar-refractivity contribution in [1.82, 2.24) is 0 Å². The number of Topliss-reactive ketones (excluding diaryl/α,β-unsaturated/α-hetero) is 1. The van der Waals surface area contributed by atoms with Gasteiger partial charge in [-0.3, -0.25) is 4.79 Å². The topological polar surface area (TPSA) is 37.3 Å². The summed E-state index contributed by atoms with van der Waals surface area (Å²) < 4.78 is 0. The molecule has 0 bridgehead atoms. The lowest BCUT2D eigenvalue weighted by molar-refractivity contribution is -0.115. The van der Waals surface area contributed by atoms with Crippen molar-refractivity contribution in [2.75, 3.05) is 0 Å². The molecule has 12 heavy (non-hydrogen) atoms. The van der Waals surface area contributed by atoms with E-state index < -0.39 is 6.10 Å². The van der Waals surface area contributed by atoms with E-state index in [1.165, 1.54) is 0 Å². The van der Waals surface area contributed by atoms with Gasteiger partial charge in [0.05, 0.1) is 6.10 Å². The van der Waals surface area contributed by atoms with Gasteiger partial charge in [0.2, 0.25) is 0 Å². The molecular formula is C10H14O2. The highest BCUT2D eigenvalue weighted by Crippen LogP contribution is 2.15. The molecule has 66 valence electrons. The van der Waals surface area contributed by atoms with E-state index in [2.05, 4.69) is 6.92 Å². The van der Waals surface area contributed by atoms with Gasteiger partial charge in [-0.1, -0.05) is 25.5 Å². The second kappa shape index (κ2) is 4.21. The first kappa shape index (κ1) is 9.20. The minimum absolute atomic E-state index is 0.0508. The third kappa shape index (κ3) is 2.31. The van der Waals surface area contributed by atoms with E-state index in [1.807, 2.05) is 12.2 Å². The van der Waals surface area contributed by atoms with E-state index >= 15 is 0 Å². The number of hydrogen-bond acceptors (Lipinski definition) is 2. The van der Waals surface area contributed by atoms with Crippen molar-refractivity contribution in [1.29, 1.82) is 0 Å². The lowest BCUT2D eigenvalue weighted by Gasteiger charge is -1.89. The predicted molar refractivity (Wildman–Crippen MR) is 47.8 cm³/mol. The van der Waals surface area contributed by atoms with Gasteiger partial charge in [0.25, 0.3) is 0 Å². The van der Waals surface area contributed by atoms with Crippen LogP contribution < -0.4 is 0 Å². The summed E-state index contributed by atoms with van der Waals surface area (Å²) in [5.41, 5.74) is 0.663. The van der Waals surface area contributed by atoms with Gasteiger partial charge in [0.1, 0.15) is 0 Å². The summed E-state index contributed by atoms with van der Waals surface area (Å²) in [7, 11) is 0. The van der Waals surface area contributed by atoms with E-state index in [0.29, 0.717) is 5.57 Å². The zero-order chi connectivity index (χ0) is 8.97. The van der Waals surface area contributed by atoms with Gasteiger partial charge in [0, 0.05) is 12.0 Å². The first-order chi connectivity index (χ1) is 5.74. The summed E-state index contributed by atoms with van der Waals surface area (Å²) in [5, 5.41) is 9.10. The molecule has 0 fully saturated rings. The second-order valence-electron chi connectivity index (χ2n) is 3.01. The maximum absolute atomic E-state index is 11.1. The summed E-state index contributed by atoms with van der Waals surface area (Å²) in [5.74, 6) is 0.0508. The molecule has 2 nitrogen and oxygen atoms in total. The molecule has 1 aliphatic rings.